The fourth-order valence-corrected chi connectivity index (χ4v) is 2.04. The molecule has 0 heterocycles. The van der Waals surface area contributed by atoms with Gasteiger partial charge >= 0.3 is 5.97 Å². The highest BCUT2D eigenvalue weighted by atomic mass is 79.9. The molecule has 1 rings (SSSR count). The molecule has 0 atom stereocenters. The smallest absolute Gasteiger partial charge is 0.322 e. The van der Waals surface area contributed by atoms with Crippen LogP contribution in [0.1, 0.15) is 11.1 Å². The van der Waals surface area contributed by atoms with Crippen LogP contribution in [0.5, 0.6) is 0 Å². The van der Waals surface area contributed by atoms with Gasteiger partial charge in [-0.2, -0.15) is 0 Å². The minimum Gasteiger partial charge on any atom is -0.480 e. The number of anilines is 1. The molecule has 4 heteroatoms. The van der Waals surface area contributed by atoms with Gasteiger partial charge in [-0.1, -0.05) is 15.9 Å². The summed E-state index contributed by atoms with van der Waals surface area (Å²) >= 11 is 3.38. The van der Waals surface area contributed by atoms with Crippen molar-refractivity contribution in [2.75, 3.05) is 11.9 Å². The Hall–Kier alpha value is -1.03. The molecule has 1 aromatic carbocycles. The summed E-state index contributed by atoms with van der Waals surface area (Å²) in [5.41, 5.74) is 2.98. The van der Waals surface area contributed by atoms with Crippen LogP contribution in [0.3, 0.4) is 0 Å². The van der Waals surface area contributed by atoms with Gasteiger partial charge < -0.3 is 10.4 Å². The van der Waals surface area contributed by atoms with Gasteiger partial charge in [-0.05, 0) is 37.1 Å². The van der Waals surface area contributed by atoms with Gasteiger partial charge in [0.15, 0.2) is 0 Å². The number of rotatable bonds is 3. The Morgan fingerprint density at radius 3 is 2.36 bits per heavy atom. The highest BCUT2D eigenvalue weighted by molar-refractivity contribution is 9.10. The Balaban J connectivity index is 2.91. The Labute approximate surface area is 91.3 Å². The fourth-order valence-electron chi connectivity index (χ4n) is 1.35. The second-order valence-corrected chi connectivity index (χ2v) is 4.08. The molecular formula is C10H12BrNO2. The lowest BCUT2D eigenvalue weighted by Crippen LogP contribution is -2.13. The van der Waals surface area contributed by atoms with E-state index in [0.717, 1.165) is 21.3 Å². The molecule has 2 N–H and O–H groups in total. The first kappa shape index (κ1) is 11.0. The van der Waals surface area contributed by atoms with Crippen LogP contribution in [0.25, 0.3) is 0 Å². The summed E-state index contributed by atoms with van der Waals surface area (Å²) in [6, 6.07) is 3.91. The molecule has 3 nitrogen and oxygen atoms in total. The molecule has 0 aromatic heterocycles. The van der Waals surface area contributed by atoms with Crippen molar-refractivity contribution < 1.29 is 9.90 Å². The molecule has 0 aliphatic carbocycles. The van der Waals surface area contributed by atoms with Crippen molar-refractivity contribution in [3.05, 3.63) is 27.7 Å². The van der Waals surface area contributed by atoms with Crippen molar-refractivity contribution in [2.45, 2.75) is 13.8 Å². The van der Waals surface area contributed by atoms with Crippen LogP contribution in [0, 0.1) is 13.8 Å². The van der Waals surface area contributed by atoms with E-state index < -0.39 is 5.97 Å². The zero-order chi connectivity index (χ0) is 10.7. The molecule has 0 unspecified atom stereocenters. The van der Waals surface area contributed by atoms with Gasteiger partial charge in [-0.15, -0.1) is 0 Å². The maximum Gasteiger partial charge on any atom is 0.322 e. The molecule has 0 radical (unpaired) electrons. The highest BCUT2D eigenvalue weighted by Gasteiger charge is 2.05. The van der Waals surface area contributed by atoms with Crippen molar-refractivity contribution in [1.29, 1.82) is 0 Å². The lowest BCUT2D eigenvalue weighted by Gasteiger charge is -2.11. The van der Waals surface area contributed by atoms with E-state index in [4.69, 9.17) is 5.11 Å². The molecule has 0 fully saturated rings. The van der Waals surface area contributed by atoms with Gasteiger partial charge in [0.25, 0.3) is 0 Å². The normalized spacial score (nSPS) is 9.93. The first-order valence-corrected chi connectivity index (χ1v) is 5.02. The van der Waals surface area contributed by atoms with Crippen LogP contribution < -0.4 is 5.32 Å². The summed E-state index contributed by atoms with van der Waals surface area (Å²) in [4.78, 5) is 10.4. The molecule has 0 bridgehead atoms. The van der Waals surface area contributed by atoms with Gasteiger partial charge in [0.2, 0.25) is 0 Å². The van der Waals surface area contributed by atoms with Crippen LogP contribution in [0.4, 0.5) is 5.69 Å². The summed E-state index contributed by atoms with van der Waals surface area (Å²) in [7, 11) is 0. The predicted molar refractivity (Wildman–Crippen MR) is 59.7 cm³/mol. The molecular weight excluding hydrogens is 246 g/mol. The second kappa shape index (κ2) is 4.46. The lowest BCUT2D eigenvalue weighted by molar-refractivity contribution is -0.134. The average molecular weight is 258 g/mol. The number of carbonyl (C=O) groups is 1. The topological polar surface area (TPSA) is 49.3 Å². The van der Waals surface area contributed by atoms with E-state index in [1.165, 1.54) is 0 Å². The Morgan fingerprint density at radius 1 is 1.43 bits per heavy atom. The number of benzene rings is 1. The van der Waals surface area contributed by atoms with Crippen LogP contribution >= 0.6 is 15.9 Å². The first-order valence-electron chi connectivity index (χ1n) is 4.23. The Bertz CT molecular complexity index is 340. The molecule has 0 aliphatic rings. The monoisotopic (exact) mass is 257 g/mol. The van der Waals surface area contributed by atoms with Gasteiger partial charge in [-0.25, -0.2) is 0 Å². The zero-order valence-corrected chi connectivity index (χ0v) is 9.68. The van der Waals surface area contributed by atoms with E-state index in [1.54, 1.807) is 0 Å². The van der Waals surface area contributed by atoms with Gasteiger partial charge in [-0.3, -0.25) is 4.79 Å². The van der Waals surface area contributed by atoms with Crippen molar-refractivity contribution in [3.8, 4) is 0 Å². The Morgan fingerprint density at radius 2 is 1.93 bits per heavy atom. The average Bonchev–Trinajstić information content (AvgIpc) is 2.01. The standard InChI is InChI=1S/C10H12BrNO2/c1-6-3-8(11)4-7(2)10(6)12-5-9(13)14/h3-4,12H,5H2,1-2H3,(H,13,14). The summed E-state index contributed by atoms with van der Waals surface area (Å²) < 4.78 is 1.01. The summed E-state index contributed by atoms with van der Waals surface area (Å²) in [6.45, 7) is 3.84. The SMILES string of the molecule is Cc1cc(Br)cc(C)c1NCC(=O)O. The molecule has 0 aliphatic heterocycles. The number of halogens is 1. The van der Waals surface area contributed by atoms with Crippen LogP contribution in [0.2, 0.25) is 0 Å². The van der Waals surface area contributed by atoms with Crippen LogP contribution in [-0.2, 0) is 4.79 Å². The van der Waals surface area contributed by atoms with E-state index in [0.29, 0.717) is 0 Å². The second-order valence-electron chi connectivity index (χ2n) is 3.16. The van der Waals surface area contributed by atoms with Crippen molar-refractivity contribution >= 4 is 27.6 Å². The molecule has 1 aromatic rings. The van der Waals surface area contributed by atoms with Crippen molar-refractivity contribution in [1.82, 2.24) is 0 Å². The quantitative estimate of drug-likeness (QED) is 0.875. The number of hydrogen-bond donors (Lipinski definition) is 2. The highest BCUT2D eigenvalue weighted by Crippen LogP contribution is 2.24. The van der Waals surface area contributed by atoms with Crippen molar-refractivity contribution in [2.24, 2.45) is 0 Å². The Kier molecular flexibility index (Phi) is 3.52. The number of aliphatic carboxylic acids is 1. The lowest BCUT2D eigenvalue weighted by atomic mass is 10.1. The van der Waals surface area contributed by atoms with Crippen LogP contribution in [-0.4, -0.2) is 17.6 Å². The summed E-state index contributed by atoms with van der Waals surface area (Å²) in [5, 5.41) is 11.4. The minimum atomic E-state index is -0.855. The maximum absolute atomic E-state index is 10.4. The van der Waals surface area contributed by atoms with Crippen molar-refractivity contribution in [3.63, 3.8) is 0 Å². The molecule has 0 amide bonds. The zero-order valence-electron chi connectivity index (χ0n) is 8.10. The van der Waals surface area contributed by atoms with Gasteiger partial charge in [0.1, 0.15) is 6.54 Å². The van der Waals surface area contributed by atoms with Gasteiger partial charge in [0.05, 0.1) is 0 Å². The van der Waals surface area contributed by atoms with E-state index in [9.17, 15) is 4.79 Å². The predicted octanol–water partition coefficient (Wildman–Crippen LogP) is 2.56. The number of carboxylic acid groups (broad SMARTS) is 1. The van der Waals surface area contributed by atoms with Crippen LogP contribution in [0.15, 0.2) is 16.6 Å². The first-order chi connectivity index (χ1) is 6.50. The third-order valence-corrected chi connectivity index (χ3v) is 2.37. The third-order valence-electron chi connectivity index (χ3n) is 1.91. The van der Waals surface area contributed by atoms with E-state index in [-0.39, 0.29) is 6.54 Å². The largest absolute Gasteiger partial charge is 0.480 e. The van der Waals surface area contributed by atoms with E-state index >= 15 is 0 Å². The number of nitrogens with one attached hydrogen (secondary N) is 1. The maximum atomic E-state index is 10.4. The van der Waals surface area contributed by atoms with E-state index in [2.05, 4.69) is 21.2 Å². The van der Waals surface area contributed by atoms with E-state index in [1.807, 2.05) is 26.0 Å². The minimum absolute atomic E-state index is 0.0523. The number of aryl methyl sites for hydroxylation is 2. The fraction of sp³-hybridized carbons (Fsp3) is 0.300. The number of carboxylic acids is 1. The molecule has 0 saturated carbocycles. The molecule has 76 valence electrons. The molecule has 0 saturated heterocycles. The van der Waals surface area contributed by atoms with Gasteiger partial charge in [0, 0.05) is 10.2 Å². The third kappa shape index (κ3) is 2.73. The summed E-state index contributed by atoms with van der Waals surface area (Å²) in [6.07, 6.45) is 0. The molecule has 14 heavy (non-hydrogen) atoms. The number of hydrogen-bond acceptors (Lipinski definition) is 2. The molecule has 0 spiro atoms. The summed E-state index contributed by atoms with van der Waals surface area (Å²) in [5.74, 6) is -0.855.